The predicted octanol–water partition coefficient (Wildman–Crippen LogP) is 4.05. The van der Waals surface area contributed by atoms with E-state index in [2.05, 4.69) is 5.32 Å². The van der Waals surface area contributed by atoms with E-state index < -0.39 is 5.54 Å². The fraction of sp³-hybridized carbons (Fsp3) is 0.300. The summed E-state index contributed by atoms with van der Waals surface area (Å²) in [5.74, 6) is 0.633. The van der Waals surface area contributed by atoms with Crippen molar-refractivity contribution in [3.05, 3.63) is 90.0 Å². The summed E-state index contributed by atoms with van der Waals surface area (Å²) >= 11 is 0. The molecular formula is C30H33N3O5. The number of hydrogen-bond acceptors (Lipinski definition) is 5. The molecule has 0 unspecified atom stereocenters. The summed E-state index contributed by atoms with van der Waals surface area (Å²) in [6.07, 6.45) is 0.586. The summed E-state index contributed by atoms with van der Waals surface area (Å²) in [6.45, 7) is 2.56. The Labute approximate surface area is 223 Å². The van der Waals surface area contributed by atoms with Crippen LogP contribution in [0.3, 0.4) is 0 Å². The molecule has 1 aliphatic heterocycles. The van der Waals surface area contributed by atoms with Gasteiger partial charge in [-0.2, -0.15) is 0 Å². The Hall–Kier alpha value is -4.33. The third-order valence-corrected chi connectivity index (χ3v) is 7.05. The Kier molecular flexibility index (Phi) is 8.31. The van der Waals surface area contributed by atoms with Crippen LogP contribution >= 0.6 is 0 Å². The highest BCUT2D eigenvalue weighted by atomic mass is 16.5. The van der Waals surface area contributed by atoms with Gasteiger partial charge in [0.2, 0.25) is 11.8 Å². The third kappa shape index (κ3) is 5.64. The van der Waals surface area contributed by atoms with Crippen molar-refractivity contribution in [2.24, 2.45) is 0 Å². The zero-order valence-electron chi connectivity index (χ0n) is 22.0. The Morgan fingerprint density at radius 2 is 1.39 bits per heavy atom. The number of hydrogen-bond donors (Lipinski definition) is 1. The van der Waals surface area contributed by atoms with Crippen molar-refractivity contribution < 1.29 is 23.9 Å². The fourth-order valence-electron chi connectivity index (χ4n) is 4.84. The second-order valence-corrected chi connectivity index (χ2v) is 9.27. The number of likely N-dealkylation sites (tertiary alicyclic amines) is 1. The second-order valence-electron chi connectivity index (χ2n) is 9.27. The largest absolute Gasteiger partial charge is 0.497 e. The van der Waals surface area contributed by atoms with Gasteiger partial charge in [-0.1, -0.05) is 30.3 Å². The molecule has 1 fully saturated rings. The first-order valence-corrected chi connectivity index (χ1v) is 12.6. The highest BCUT2D eigenvalue weighted by Gasteiger charge is 2.49. The topological polar surface area (TPSA) is 88.2 Å². The maximum atomic E-state index is 14.2. The molecular weight excluding hydrogens is 482 g/mol. The lowest BCUT2D eigenvalue weighted by atomic mass is 9.83. The average molecular weight is 516 g/mol. The van der Waals surface area contributed by atoms with Crippen LogP contribution in [0.4, 0.5) is 5.69 Å². The summed E-state index contributed by atoms with van der Waals surface area (Å²) in [5.41, 5.74) is 0.727. The molecule has 38 heavy (non-hydrogen) atoms. The second kappa shape index (κ2) is 11.8. The molecule has 1 saturated heterocycles. The highest BCUT2D eigenvalue weighted by Crippen LogP contribution is 2.36. The number of amides is 3. The van der Waals surface area contributed by atoms with Crippen molar-refractivity contribution in [3.63, 3.8) is 0 Å². The molecule has 8 nitrogen and oxygen atoms in total. The van der Waals surface area contributed by atoms with Crippen molar-refractivity contribution in [1.82, 2.24) is 10.2 Å². The molecule has 3 aromatic rings. The lowest BCUT2D eigenvalue weighted by molar-refractivity contribution is -0.135. The molecule has 198 valence electrons. The van der Waals surface area contributed by atoms with Crippen molar-refractivity contribution in [2.45, 2.75) is 31.8 Å². The van der Waals surface area contributed by atoms with Gasteiger partial charge in [0, 0.05) is 37.8 Å². The van der Waals surface area contributed by atoms with Crippen LogP contribution in [0.15, 0.2) is 78.9 Å². The molecule has 0 radical (unpaired) electrons. The first-order chi connectivity index (χ1) is 18.4. The first-order valence-electron chi connectivity index (χ1n) is 12.6. The first kappa shape index (κ1) is 26.7. The van der Waals surface area contributed by atoms with E-state index in [9.17, 15) is 14.4 Å². The Morgan fingerprint density at radius 1 is 0.842 bits per heavy atom. The number of methoxy groups -OCH3 is 2. The van der Waals surface area contributed by atoms with Gasteiger partial charge in [0.25, 0.3) is 5.91 Å². The van der Waals surface area contributed by atoms with Crippen LogP contribution in [0.25, 0.3) is 0 Å². The molecule has 0 aromatic heterocycles. The number of rotatable bonds is 8. The number of nitrogens with zero attached hydrogens (tertiary/aromatic N) is 2. The standard InChI is InChI=1S/C30H33N3O5/c1-22(34)32-19-17-30(18-20-32,29(36)31-21-23-7-5-4-6-8-23)33(25-11-15-27(38-3)16-12-25)28(35)24-9-13-26(37-2)14-10-24/h4-16H,17-21H2,1-3H3,(H,31,36). The van der Waals surface area contributed by atoms with Gasteiger partial charge in [0.1, 0.15) is 17.0 Å². The number of nitrogens with one attached hydrogen (secondary N) is 1. The zero-order chi connectivity index (χ0) is 27.1. The average Bonchev–Trinajstić information content (AvgIpc) is 2.97. The van der Waals surface area contributed by atoms with Gasteiger partial charge < -0.3 is 19.7 Å². The van der Waals surface area contributed by atoms with Crippen LogP contribution in [0.2, 0.25) is 0 Å². The molecule has 0 saturated carbocycles. The van der Waals surface area contributed by atoms with E-state index in [0.29, 0.717) is 55.2 Å². The monoisotopic (exact) mass is 515 g/mol. The number of ether oxygens (including phenoxy) is 2. The summed E-state index contributed by atoms with van der Waals surface area (Å²) in [4.78, 5) is 43.7. The van der Waals surface area contributed by atoms with Crippen LogP contribution in [-0.2, 0) is 16.1 Å². The summed E-state index contributed by atoms with van der Waals surface area (Å²) < 4.78 is 10.6. The van der Waals surface area contributed by atoms with Gasteiger partial charge in [0.15, 0.2) is 0 Å². The zero-order valence-corrected chi connectivity index (χ0v) is 22.0. The number of carbonyl (C=O) groups is 3. The summed E-state index contributed by atoms with van der Waals surface area (Å²) in [7, 11) is 3.14. The quantitative estimate of drug-likeness (QED) is 0.489. The normalized spacial score (nSPS) is 14.3. The van der Waals surface area contributed by atoms with E-state index in [1.807, 2.05) is 30.3 Å². The Bertz CT molecular complexity index is 1250. The van der Waals surface area contributed by atoms with E-state index in [0.717, 1.165) is 5.56 Å². The van der Waals surface area contributed by atoms with E-state index in [1.54, 1.807) is 72.6 Å². The maximum absolute atomic E-state index is 14.2. The molecule has 3 amide bonds. The van der Waals surface area contributed by atoms with Crippen molar-refractivity contribution in [3.8, 4) is 11.5 Å². The molecule has 0 bridgehead atoms. The van der Waals surface area contributed by atoms with E-state index in [-0.39, 0.29) is 17.7 Å². The van der Waals surface area contributed by atoms with Crippen molar-refractivity contribution >= 4 is 23.4 Å². The lowest BCUT2D eigenvalue weighted by Gasteiger charge is -2.47. The van der Waals surface area contributed by atoms with Crippen LogP contribution in [0, 0.1) is 0 Å². The fourth-order valence-corrected chi connectivity index (χ4v) is 4.84. The van der Waals surface area contributed by atoms with E-state index in [1.165, 1.54) is 6.92 Å². The van der Waals surface area contributed by atoms with Crippen LogP contribution < -0.4 is 19.7 Å². The molecule has 0 spiro atoms. The molecule has 1 heterocycles. The van der Waals surface area contributed by atoms with Crippen LogP contribution in [-0.4, -0.2) is 55.5 Å². The minimum Gasteiger partial charge on any atom is -0.497 e. The number of piperidine rings is 1. The van der Waals surface area contributed by atoms with Gasteiger partial charge in [-0.25, -0.2) is 0 Å². The van der Waals surface area contributed by atoms with Crippen molar-refractivity contribution in [2.75, 3.05) is 32.2 Å². The molecule has 0 aliphatic carbocycles. The molecule has 4 rings (SSSR count). The highest BCUT2D eigenvalue weighted by molar-refractivity contribution is 6.11. The van der Waals surface area contributed by atoms with Crippen LogP contribution in [0.1, 0.15) is 35.7 Å². The van der Waals surface area contributed by atoms with E-state index in [4.69, 9.17) is 9.47 Å². The van der Waals surface area contributed by atoms with E-state index >= 15 is 0 Å². The summed E-state index contributed by atoms with van der Waals surface area (Å²) in [5, 5.41) is 3.07. The van der Waals surface area contributed by atoms with Gasteiger partial charge in [0.05, 0.1) is 14.2 Å². The SMILES string of the molecule is COc1ccc(C(=O)N(c2ccc(OC)cc2)C2(C(=O)NCc3ccccc3)CCN(C(C)=O)CC2)cc1. The number of anilines is 1. The minimum absolute atomic E-state index is 0.0548. The van der Waals surface area contributed by atoms with Crippen LogP contribution in [0.5, 0.6) is 11.5 Å². The molecule has 3 aromatic carbocycles. The molecule has 1 N–H and O–H groups in total. The van der Waals surface area contributed by atoms with Gasteiger partial charge in [-0.05, 0) is 66.9 Å². The number of carbonyl (C=O) groups excluding carboxylic acids is 3. The summed E-state index contributed by atoms with van der Waals surface area (Å²) in [6, 6.07) is 23.6. The third-order valence-electron chi connectivity index (χ3n) is 7.05. The lowest BCUT2D eigenvalue weighted by Crippen LogP contribution is -2.65. The van der Waals surface area contributed by atoms with Crippen molar-refractivity contribution in [1.29, 1.82) is 0 Å². The van der Waals surface area contributed by atoms with Gasteiger partial charge in [-0.3, -0.25) is 19.3 Å². The molecule has 1 aliphatic rings. The number of benzene rings is 3. The Balaban J connectivity index is 1.77. The van der Waals surface area contributed by atoms with Gasteiger partial charge >= 0.3 is 0 Å². The minimum atomic E-state index is -1.22. The molecule has 8 heteroatoms. The predicted molar refractivity (Wildman–Crippen MR) is 145 cm³/mol. The van der Waals surface area contributed by atoms with Gasteiger partial charge in [-0.15, -0.1) is 0 Å². The maximum Gasteiger partial charge on any atom is 0.259 e. The Morgan fingerprint density at radius 3 is 1.92 bits per heavy atom. The smallest absolute Gasteiger partial charge is 0.259 e. The molecule has 0 atom stereocenters.